The summed E-state index contributed by atoms with van der Waals surface area (Å²) in [5.41, 5.74) is 3.82. The van der Waals surface area contributed by atoms with Crippen molar-refractivity contribution in [1.82, 2.24) is 15.2 Å². The normalized spacial score (nSPS) is 27.0. The third-order valence-electron chi connectivity index (χ3n) is 7.77. The van der Waals surface area contributed by atoms with E-state index in [2.05, 4.69) is 71.5 Å². The van der Waals surface area contributed by atoms with Gasteiger partial charge in [-0.25, -0.2) is 4.79 Å². The summed E-state index contributed by atoms with van der Waals surface area (Å²) >= 11 is 0. The molecule has 6 heteroatoms. The van der Waals surface area contributed by atoms with Crippen LogP contribution in [0.5, 0.6) is 5.75 Å². The molecular formula is C28H31N3O3. The van der Waals surface area contributed by atoms with Crippen molar-refractivity contribution in [2.75, 3.05) is 26.2 Å². The molecule has 3 saturated heterocycles. The number of nitrogens with one attached hydrogen (secondary N) is 1. The van der Waals surface area contributed by atoms with Crippen molar-refractivity contribution in [2.24, 2.45) is 11.3 Å². The number of benzene rings is 2. The molecule has 5 heterocycles. The Morgan fingerprint density at radius 3 is 2.76 bits per heavy atom. The Bertz CT molecular complexity index is 1230. The van der Waals surface area contributed by atoms with Crippen LogP contribution in [0.3, 0.4) is 0 Å². The van der Waals surface area contributed by atoms with Crippen LogP contribution in [0.25, 0.3) is 22.0 Å². The highest BCUT2D eigenvalue weighted by Crippen LogP contribution is 2.44. The van der Waals surface area contributed by atoms with E-state index in [0.717, 1.165) is 65.8 Å². The summed E-state index contributed by atoms with van der Waals surface area (Å²) in [4.78, 5) is 20.0. The Morgan fingerprint density at radius 1 is 1.15 bits per heavy atom. The molecule has 1 unspecified atom stereocenters. The highest BCUT2D eigenvalue weighted by atomic mass is 16.6. The molecule has 2 atom stereocenters. The number of pyridine rings is 1. The molecule has 1 N–H and O–H groups in total. The van der Waals surface area contributed by atoms with Crippen molar-refractivity contribution in [2.45, 2.75) is 38.8 Å². The summed E-state index contributed by atoms with van der Waals surface area (Å²) in [6, 6.07) is 16.3. The summed E-state index contributed by atoms with van der Waals surface area (Å²) in [6.45, 7) is 7.87. The first-order chi connectivity index (χ1) is 16.5. The standard InChI is InChI=1S/C28H31N3O3/c1-28(2)17-33-23-15-20(21-7-3-5-19-6-4-12-29-25(19)21)8-9-22(23)26(28)30-27(32)34-24-16-31-13-10-18(24)11-14-31/h3-9,12,15,18,24,26H,10-11,13-14,16-17H2,1-2H3,(H,30,32)/t24-,26?/m0/s1. The second-order valence-electron chi connectivity index (χ2n) is 10.6. The zero-order chi connectivity index (χ0) is 23.3. The Balaban J connectivity index is 1.26. The molecule has 2 bridgehead atoms. The highest BCUT2D eigenvalue weighted by Gasteiger charge is 2.41. The van der Waals surface area contributed by atoms with Gasteiger partial charge in [-0.05, 0) is 49.5 Å². The van der Waals surface area contributed by atoms with E-state index in [1.54, 1.807) is 0 Å². The maximum absolute atomic E-state index is 13.0. The van der Waals surface area contributed by atoms with Gasteiger partial charge >= 0.3 is 6.09 Å². The van der Waals surface area contributed by atoms with E-state index >= 15 is 0 Å². The van der Waals surface area contributed by atoms with Crippen molar-refractivity contribution in [3.63, 3.8) is 0 Å². The summed E-state index contributed by atoms with van der Waals surface area (Å²) in [7, 11) is 0. The van der Waals surface area contributed by atoms with E-state index in [0.29, 0.717) is 12.5 Å². The number of rotatable bonds is 3. The molecule has 3 fully saturated rings. The molecule has 34 heavy (non-hydrogen) atoms. The number of para-hydroxylation sites is 1. The fourth-order valence-electron chi connectivity index (χ4n) is 5.78. The number of fused-ring (bicyclic) bond motifs is 5. The van der Waals surface area contributed by atoms with E-state index < -0.39 is 0 Å². The van der Waals surface area contributed by atoms with Crippen LogP contribution >= 0.6 is 0 Å². The van der Waals surface area contributed by atoms with Crippen LogP contribution in [0.15, 0.2) is 54.7 Å². The van der Waals surface area contributed by atoms with E-state index in [9.17, 15) is 4.79 Å². The quantitative estimate of drug-likeness (QED) is 0.587. The molecule has 0 radical (unpaired) electrons. The molecule has 2 aromatic carbocycles. The number of ether oxygens (including phenoxy) is 2. The topological polar surface area (TPSA) is 63.7 Å². The predicted octanol–water partition coefficient (Wildman–Crippen LogP) is 5.18. The number of alkyl carbamates (subject to hydrolysis) is 1. The van der Waals surface area contributed by atoms with E-state index in [-0.39, 0.29) is 23.7 Å². The zero-order valence-corrected chi connectivity index (χ0v) is 19.8. The van der Waals surface area contributed by atoms with Gasteiger partial charge in [0.05, 0.1) is 18.2 Å². The van der Waals surface area contributed by atoms with Gasteiger partial charge in [0.1, 0.15) is 11.9 Å². The van der Waals surface area contributed by atoms with Gasteiger partial charge < -0.3 is 14.8 Å². The van der Waals surface area contributed by atoms with E-state index in [1.165, 1.54) is 0 Å². The number of aromatic nitrogens is 1. The maximum Gasteiger partial charge on any atom is 0.407 e. The van der Waals surface area contributed by atoms with Gasteiger partial charge in [0.2, 0.25) is 0 Å². The molecule has 1 aromatic heterocycles. The number of piperidine rings is 3. The largest absolute Gasteiger partial charge is 0.493 e. The molecule has 6 nitrogen and oxygen atoms in total. The van der Waals surface area contributed by atoms with Crippen LogP contribution in [0.2, 0.25) is 0 Å². The second-order valence-corrected chi connectivity index (χ2v) is 10.6. The first-order valence-corrected chi connectivity index (χ1v) is 12.3. The van der Waals surface area contributed by atoms with Crippen LogP contribution < -0.4 is 10.1 Å². The molecule has 3 aromatic rings. The van der Waals surface area contributed by atoms with Gasteiger partial charge in [0.15, 0.2) is 0 Å². The highest BCUT2D eigenvalue weighted by molar-refractivity contribution is 5.93. The van der Waals surface area contributed by atoms with Crippen LogP contribution in [-0.2, 0) is 4.74 Å². The van der Waals surface area contributed by atoms with E-state index in [4.69, 9.17) is 9.47 Å². The number of hydrogen-bond acceptors (Lipinski definition) is 5. The van der Waals surface area contributed by atoms with Crippen molar-refractivity contribution >= 4 is 17.0 Å². The molecule has 4 aliphatic heterocycles. The van der Waals surface area contributed by atoms with Gasteiger partial charge in [0, 0.05) is 34.7 Å². The van der Waals surface area contributed by atoms with Gasteiger partial charge in [-0.2, -0.15) is 0 Å². The minimum Gasteiger partial charge on any atom is -0.493 e. The van der Waals surface area contributed by atoms with Crippen LogP contribution in [0, 0.1) is 11.3 Å². The van der Waals surface area contributed by atoms with Gasteiger partial charge in [0.25, 0.3) is 0 Å². The summed E-state index contributed by atoms with van der Waals surface area (Å²) in [5, 5.41) is 4.30. The summed E-state index contributed by atoms with van der Waals surface area (Å²) in [5.74, 6) is 1.29. The molecule has 7 rings (SSSR count). The van der Waals surface area contributed by atoms with Crippen molar-refractivity contribution in [3.8, 4) is 16.9 Å². The third kappa shape index (κ3) is 3.80. The Kier molecular flexibility index (Phi) is 5.21. The average molecular weight is 458 g/mol. The van der Waals surface area contributed by atoms with Crippen LogP contribution in [0.1, 0.15) is 38.3 Å². The number of hydrogen-bond donors (Lipinski definition) is 1. The number of carbonyl (C=O) groups excluding carboxylic acids is 1. The SMILES string of the molecule is CC1(C)COc2cc(-c3cccc4cccnc34)ccc2C1NC(=O)O[C@H]1CN2CCC1CC2. The average Bonchev–Trinajstić information content (AvgIpc) is 2.86. The third-order valence-corrected chi connectivity index (χ3v) is 7.77. The molecule has 176 valence electrons. The fraction of sp³-hybridized carbons (Fsp3) is 0.429. The molecule has 0 saturated carbocycles. The maximum atomic E-state index is 13.0. The van der Waals surface area contributed by atoms with Crippen LogP contribution in [-0.4, -0.2) is 48.3 Å². The number of carbonyl (C=O) groups is 1. The lowest BCUT2D eigenvalue weighted by molar-refractivity contribution is -0.0361. The second kappa shape index (κ2) is 8.27. The molecular weight excluding hydrogens is 426 g/mol. The van der Waals surface area contributed by atoms with Crippen molar-refractivity contribution < 1.29 is 14.3 Å². The molecule has 1 amide bonds. The number of amides is 1. The van der Waals surface area contributed by atoms with Crippen molar-refractivity contribution in [1.29, 1.82) is 0 Å². The van der Waals surface area contributed by atoms with Gasteiger partial charge in [-0.1, -0.05) is 50.2 Å². The van der Waals surface area contributed by atoms with Gasteiger partial charge in [-0.15, -0.1) is 0 Å². The number of nitrogens with zero attached hydrogens (tertiary/aromatic N) is 2. The lowest BCUT2D eigenvalue weighted by Gasteiger charge is -2.44. The molecule has 0 spiro atoms. The fourth-order valence-corrected chi connectivity index (χ4v) is 5.78. The predicted molar refractivity (Wildman–Crippen MR) is 132 cm³/mol. The minimum absolute atomic E-state index is 0.00818. The molecule has 0 aliphatic carbocycles. The smallest absolute Gasteiger partial charge is 0.407 e. The zero-order valence-electron chi connectivity index (χ0n) is 19.8. The van der Waals surface area contributed by atoms with Gasteiger partial charge in [-0.3, -0.25) is 9.88 Å². The van der Waals surface area contributed by atoms with E-state index in [1.807, 2.05) is 12.3 Å². The minimum atomic E-state index is -0.327. The summed E-state index contributed by atoms with van der Waals surface area (Å²) < 4.78 is 12.1. The van der Waals surface area contributed by atoms with Crippen LogP contribution in [0.4, 0.5) is 4.79 Å². The Labute approximate surface area is 200 Å². The Hall–Kier alpha value is -3.12. The van der Waals surface area contributed by atoms with Crippen molar-refractivity contribution in [3.05, 3.63) is 60.3 Å². The lowest BCUT2D eigenvalue weighted by Crippen LogP contribution is -2.53. The monoisotopic (exact) mass is 457 g/mol. The summed E-state index contributed by atoms with van der Waals surface area (Å²) in [6.07, 6.45) is 3.73. The lowest BCUT2D eigenvalue weighted by atomic mass is 9.78. The first kappa shape index (κ1) is 21.4. The first-order valence-electron chi connectivity index (χ1n) is 12.3. The Morgan fingerprint density at radius 2 is 1.97 bits per heavy atom. The molecule has 4 aliphatic rings.